The third-order valence-corrected chi connectivity index (χ3v) is 2.96. The van der Waals surface area contributed by atoms with E-state index < -0.39 is 23.7 Å². The van der Waals surface area contributed by atoms with E-state index in [4.69, 9.17) is 9.84 Å². The van der Waals surface area contributed by atoms with E-state index in [1.165, 1.54) is 0 Å². The Kier molecular flexibility index (Phi) is 5.35. The normalized spacial score (nSPS) is 12.6. The molecule has 0 saturated heterocycles. The van der Waals surface area contributed by atoms with Gasteiger partial charge in [0.25, 0.3) is 0 Å². The highest BCUT2D eigenvalue weighted by atomic mass is 16.6. The highest BCUT2D eigenvalue weighted by Crippen LogP contribution is 2.25. The van der Waals surface area contributed by atoms with E-state index in [1.807, 2.05) is 32.0 Å². The zero-order chi connectivity index (χ0) is 16.2. The zero-order valence-corrected chi connectivity index (χ0v) is 13.2. The fraction of sp³-hybridized carbons (Fsp3) is 0.500. The predicted molar refractivity (Wildman–Crippen MR) is 80.3 cm³/mol. The number of carbonyl (C=O) groups excluding carboxylic acids is 1. The Morgan fingerprint density at radius 2 is 1.76 bits per heavy atom. The zero-order valence-electron chi connectivity index (χ0n) is 13.2. The summed E-state index contributed by atoms with van der Waals surface area (Å²) in [6, 6.07) is 5.08. The van der Waals surface area contributed by atoms with Crippen LogP contribution in [0.5, 0.6) is 0 Å². The van der Waals surface area contributed by atoms with E-state index in [1.54, 1.807) is 20.8 Å². The Morgan fingerprint density at radius 3 is 2.19 bits per heavy atom. The van der Waals surface area contributed by atoms with Gasteiger partial charge < -0.3 is 15.2 Å². The van der Waals surface area contributed by atoms with Crippen molar-refractivity contribution in [2.45, 2.75) is 52.7 Å². The monoisotopic (exact) mass is 293 g/mol. The Bertz CT molecular complexity index is 511. The highest BCUT2D eigenvalue weighted by molar-refractivity contribution is 5.72. The maximum absolute atomic E-state index is 11.9. The minimum atomic E-state index is -0.973. The molecule has 116 valence electrons. The maximum Gasteiger partial charge on any atom is 0.408 e. The number of carboxylic acids is 1. The van der Waals surface area contributed by atoms with Crippen LogP contribution < -0.4 is 5.32 Å². The lowest BCUT2D eigenvalue weighted by Gasteiger charge is -2.25. The molecule has 1 aromatic carbocycles. The minimum absolute atomic E-state index is 0.190. The second kappa shape index (κ2) is 6.61. The first-order chi connectivity index (χ1) is 9.60. The summed E-state index contributed by atoms with van der Waals surface area (Å²) in [5, 5.41) is 11.7. The summed E-state index contributed by atoms with van der Waals surface area (Å²) in [4.78, 5) is 23.0. The SMILES string of the molecule is Cc1cccc(C)c1[C@H](CC(=O)O)NC(=O)OC(C)(C)C. The van der Waals surface area contributed by atoms with Crippen molar-refractivity contribution in [2.24, 2.45) is 0 Å². The molecule has 0 aliphatic rings. The van der Waals surface area contributed by atoms with Crippen LogP contribution in [0.25, 0.3) is 0 Å². The van der Waals surface area contributed by atoms with E-state index in [2.05, 4.69) is 5.32 Å². The number of carboxylic acid groups (broad SMARTS) is 1. The molecule has 21 heavy (non-hydrogen) atoms. The van der Waals surface area contributed by atoms with E-state index in [-0.39, 0.29) is 6.42 Å². The second-order valence-electron chi connectivity index (χ2n) is 6.10. The molecule has 5 nitrogen and oxygen atoms in total. The number of hydrogen-bond donors (Lipinski definition) is 2. The number of aliphatic carboxylic acids is 1. The van der Waals surface area contributed by atoms with Crippen LogP contribution in [0.2, 0.25) is 0 Å². The minimum Gasteiger partial charge on any atom is -0.481 e. The summed E-state index contributed by atoms with van der Waals surface area (Å²) in [7, 11) is 0. The first-order valence-electron chi connectivity index (χ1n) is 6.87. The third kappa shape index (κ3) is 5.45. The summed E-state index contributed by atoms with van der Waals surface area (Å²) in [6.45, 7) is 9.08. The molecule has 0 aliphatic heterocycles. The molecule has 1 rings (SSSR count). The maximum atomic E-state index is 11.9. The van der Waals surface area contributed by atoms with Gasteiger partial charge in [-0.05, 0) is 51.3 Å². The third-order valence-electron chi connectivity index (χ3n) is 2.96. The van der Waals surface area contributed by atoms with Gasteiger partial charge in [-0.3, -0.25) is 4.79 Å². The smallest absolute Gasteiger partial charge is 0.408 e. The van der Waals surface area contributed by atoms with Gasteiger partial charge in [-0.25, -0.2) is 4.79 Å². The molecule has 0 unspecified atom stereocenters. The lowest BCUT2D eigenvalue weighted by molar-refractivity contribution is -0.137. The van der Waals surface area contributed by atoms with E-state index in [9.17, 15) is 9.59 Å². The Balaban J connectivity index is 3.01. The lowest BCUT2D eigenvalue weighted by Crippen LogP contribution is -2.36. The fourth-order valence-electron chi connectivity index (χ4n) is 2.23. The molecular formula is C16H23NO4. The number of rotatable bonds is 4. The topological polar surface area (TPSA) is 75.6 Å². The number of aryl methyl sites for hydroxylation is 2. The molecule has 0 saturated carbocycles. The molecule has 0 radical (unpaired) electrons. The van der Waals surface area contributed by atoms with Crippen LogP contribution in [0.1, 0.15) is 49.9 Å². The Hall–Kier alpha value is -2.04. The molecule has 1 amide bonds. The van der Waals surface area contributed by atoms with Crippen LogP contribution in [0, 0.1) is 13.8 Å². The highest BCUT2D eigenvalue weighted by Gasteiger charge is 2.24. The van der Waals surface area contributed by atoms with Crippen molar-refractivity contribution in [2.75, 3.05) is 0 Å². The summed E-state index contributed by atoms with van der Waals surface area (Å²) < 4.78 is 5.21. The largest absolute Gasteiger partial charge is 0.481 e. The van der Waals surface area contributed by atoms with Crippen molar-refractivity contribution in [1.82, 2.24) is 5.32 Å². The molecule has 0 aromatic heterocycles. The predicted octanol–water partition coefficient (Wildman–Crippen LogP) is 3.34. The number of ether oxygens (including phenoxy) is 1. The molecule has 0 heterocycles. The molecule has 0 fully saturated rings. The average molecular weight is 293 g/mol. The van der Waals surface area contributed by atoms with Gasteiger partial charge in [0.15, 0.2) is 0 Å². The van der Waals surface area contributed by atoms with Crippen LogP contribution in [-0.4, -0.2) is 22.8 Å². The first-order valence-corrected chi connectivity index (χ1v) is 6.87. The summed E-state index contributed by atoms with van der Waals surface area (Å²) in [5.41, 5.74) is 2.08. The van der Waals surface area contributed by atoms with Crippen LogP contribution >= 0.6 is 0 Å². The molecular weight excluding hydrogens is 270 g/mol. The number of alkyl carbamates (subject to hydrolysis) is 1. The molecule has 0 aliphatic carbocycles. The lowest BCUT2D eigenvalue weighted by atomic mass is 9.94. The van der Waals surface area contributed by atoms with Crippen molar-refractivity contribution in [3.63, 3.8) is 0 Å². The first kappa shape index (κ1) is 17.0. The molecule has 1 aromatic rings. The Labute approximate surface area is 125 Å². The molecule has 5 heteroatoms. The van der Waals surface area contributed by atoms with Crippen LogP contribution in [0.4, 0.5) is 4.79 Å². The van der Waals surface area contributed by atoms with E-state index >= 15 is 0 Å². The molecule has 0 spiro atoms. The summed E-state index contributed by atoms with van der Waals surface area (Å²) in [6.07, 6.45) is -0.804. The van der Waals surface area contributed by atoms with Crippen molar-refractivity contribution in [1.29, 1.82) is 0 Å². The number of hydrogen-bond acceptors (Lipinski definition) is 3. The second-order valence-corrected chi connectivity index (χ2v) is 6.10. The van der Waals surface area contributed by atoms with Crippen LogP contribution in [0.15, 0.2) is 18.2 Å². The quantitative estimate of drug-likeness (QED) is 0.892. The van der Waals surface area contributed by atoms with Gasteiger partial charge in [0.05, 0.1) is 12.5 Å². The summed E-state index contributed by atoms with van der Waals surface area (Å²) >= 11 is 0. The number of amides is 1. The van der Waals surface area contributed by atoms with Gasteiger partial charge in [-0.1, -0.05) is 18.2 Å². The van der Waals surface area contributed by atoms with Gasteiger partial charge in [0, 0.05) is 0 Å². The van der Waals surface area contributed by atoms with Crippen molar-refractivity contribution in [3.05, 3.63) is 34.9 Å². The number of carbonyl (C=O) groups is 2. The summed E-state index contributed by atoms with van der Waals surface area (Å²) in [5.74, 6) is -0.973. The van der Waals surface area contributed by atoms with Crippen molar-refractivity contribution < 1.29 is 19.4 Å². The molecule has 0 bridgehead atoms. The van der Waals surface area contributed by atoms with Gasteiger partial charge in [-0.2, -0.15) is 0 Å². The van der Waals surface area contributed by atoms with E-state index in [0.29, 0.717) is 0 Å². The fourth-order valence-corrected chi connectivity index (χ4v) is 2.23. The van der Waals surface area contributed by atoms with Gasteiger partial charge >= 0.3 is 12.1 Å². The van der Waals surface area contributed by atoms with Gasteiger partial charge in [0.2, 0.25) is 0 Å². The van der Waals surface area contributed by atoms with Crippen LogP contribution in [-0.2, 0) is 9.53 Å². The van der Waals surface area contributed by atoms with E-state index in [0.717, 1.165) is 16.7 Å². The van der Waals surface area contributed by atoms with Crippen molar-refractivity contribution in [3.8, 4) is 0 Å². The number of benzene rings is 1. The van der Waals surface area contributed by atoms with Gasteiger partial charge in [-0.15, -0.1) is 0 Å². The molecule has 2 N–H and O–H groups in total. The van der Waals surface area contributed by atoms with Crippen molar-refractivity contribution >= 4 is 12.1 Å². The van der Waals surface area contributed by atoms with Gasteiger partial charge in [0.1, 0.15) is 5.60 Å². The molecule has 1 atom stereocenters. The average Bonchev–Trinajstić information content (AvgIpc) is 2.24. The standard InChI is InChI=1S/C16H23NO4/c1-10-7-6-8-11(2)14(10)12(9-13(18)19)17-15(20)21-16(3,4)5/h6-8,12H,9H2,1-5H3,(H,17,20)(H,18,19)/t12-/m0/s1. The Morgan fingerprint density at radius 1 is 1.24 bits per heavy atom. The number of nitrogens with one attached hydrogen (secondary N) is 1. The van der Waals surface area contributed by atoms with Crippen LogP contribution in [0.3, 0.4) is 0 Å².